The van der Waals surface area contributed by atoms with Crippen LogP contribution in [0, 0.1) is 0 Å². The molecule has 2 N–H and O–H groups in total. The van der Waals surface area contributed by atoms with Crippen LogP contribution in [0.25, 0.3) is 0 Å². The molecule has 0 bridgehead atoms. The largest absolute Gasteiger partial charge is 0.385 e. The normalized spacial score (nSPS) is 10.1. The lowest BCUT2D eigenvalue weighted by molar-refractivity contribution is 0.102. The van der Waals surface area contributed by atoms with E-state index in [9.17, 15) is 4.79 Å². The third-order valence-corrected chi connectivity index (χ3v) is 2.76. The molecular formula is C15H18N4O2. The standard InChI is InChI=1S/C15H18N4O2/c1-21-9-5-8-16-14-10-13(17-11-18-14)15(20)19-12-6-3-2-4-7-12/h2-4,6-7,10-11H,5,8-9H2,1H3,(H,19,20)(H,16,17,18). The molecule has 0 saturated carbocycles. The number of nitrogens with one attached hydrogen (secondary N) is 2. The summed E-state index contributed by atoms with van der Waals surface area (Å²) in [5.74, 6) is 0.364. The average molecular weight is 286 g/mol. The first-order chi connectivity index (χ1) is 10.3. The summed E-state index contributed by atoms with van der Waals surface area (Å²) >= 11 is 0. The Balaban J connectivity index is 1.95. The van der Waals surface area contributed by atoms with Gasteiger partial charge < -0.3 is 15.4 Å². The van der Waals surface area contributed by atoms with E-state index in [1.165, 1.54) is 6.33 Å². The number of amides is 1. The van der Waals surface area contributed by atoms with E-state index >= 15 is 0 Å². The van der Waals surface area contributed by atoms with Crippen molar-refractivity contribution in [2.75, 3.05) is 30.9 Å². The highest BCUT2D eigenvalue weighted by Gasteiger charge is 2.08. The molecule has 6 nitrogen and oxygen atoms in total. The summed E-state index contributed by atoms with van der Waals surface area (Å²) in [4.78, 5) is 20.2. The Bertz CT molecular complexity index is 575. The van der Waals surface area contributed by atoms with Crippen LogP contribution in [0.4, 0.5) is 11.5 Å². The van der Waals surface area contributed by atoms with Gasteiger partial charge in [0.15, 0.2) is 0 Å². The predicted octanol–water partition coefficient (Wildman–Crippen LogP) is 2.18. The van der Waals surface area contributed by atoms with Gasteiger partial charge in [-0.3, -0.25) is 4.79 Å². The Morgan fingerprint density at radius 2 is 2.05 bits per heavy atom. The minimum atomic E-state index is -0.261. The molecule has 0 radical (unpaired) electrons. The summed E-state index contributed by atoms with van der Waals surface area (Å²) < 4.78 is 4.97. The molecule has 0 saturated heterocycles. The number of nitrogens with zero attached hydrogens (tertiary/aromatic N) is 2. The minimum absolute atomic E-state index is 0.261. The number of ether oxygens (including phenoxy) is 1. The third kappa shape index (κ3) is 4.85. The Morgan fingerprint density at radius 1 is 1.24 bits per heavy atom. The van der Waals surface area contributed by atoms with Crippen molar-refractivity contribution < 1.29 is 9.53 Å². The molecule has 1 heterocycles. The molecule has 0 fully saturated rings. The van der Waals surface area contributed by atoms with Gasteiger partial charge in [0.05, 0.1) is 0 Å². The quantitative estimate of drug-likeness (QED) is 0.763. The molecule has 2 aromatic rings. The summed E-state index contributed by atoms with van der Waals surface area (Å²) in [6, 6.07) is 10.9. The Kier molecular flexibility index (Phi) is 5.66. The molecule has 1 aromatic carbocycles. The van der Waals surface area contributed by atoms with Crippen LogP contribution < -0.4 is 10.6 Å². The van der Waals surface area contributed by atoms with Gasteiger partial charge in [-0.2, -0.15) is 0 Å². The van der Waals surface area contributed by atoms with Crippen molar-refractivity contribution >= 4 is 17.4 Å². The van der Waals surface area contributed by atoms with Crippen molar-refractivity contribution in [2.45, 2.75) is 6.42 Å². The van der Waals surface area contributed by atoms with Crippen LogP contribution in [0.2, 0.25) is 0 Å². The molecule has 0 spiro atoms. The van der Waals surface area contributed by atoms with Crippen molar-refractivity contribution in [2.24, 2.45) is 0 Å². The summed E-state index contributed by atoms with van der Waals surface area (Å²) in [6.45, 7) is 1.41. The predicted molar refractivity (Wildman–Crippen MR) is 81.4 cm³/mol. The van der Waals surface area contributed by atoms with Crippen LogP contribution in [0.15, 0.2) is 42.7 Å². The molecule has 0 atom stereocenters. The number of methoxy groups -OCH3 is 1. The zero-order chi connectivity index (χ0) is 14.9. The third-order valence-electron chi connectivity index (χ3n) is 2.76. The summed E-state index contributed by atoms with van der Waals surface area (Å²) in [7, 11) is 1.66. The van der Waals surface area contributed by atoms with E-state index in [-0.39, 0.29) is 5.91 Å². The molecule has 0 unspecified atom stereocenters. The molecule has 1 aromatic heterocycles. The number of carbonyl (C=O) groups excluding carboxylic acids is 1. The maximum Gasteiger partial charge on any atom is 0.274 e. The second kappa shape index (κ2) is 7.96. The van der Waals surface area contributed by atoms with Gasteiger partial charge in [-0.05, 0) is 18.6 Å². The Morgan fingerprint density at radius 3 is 2.81 bits per heavy atom. The molecule has 110 valence electrons. The van der Waals surface area contributed by atoms with E-state index in [1.807, 2.05) is 30.3 Å². The van der Waals surface area contributed by atoms with E-state index in [4.69, 9.17) is 4.74 Å². The van der Waals surface area contributed by atoms with Crippen molar-refractivity contribution in [3.63, 3.8) is 0 Å². The number of anilines is 2. The summed E-state index contributed by atoms with van der Waals surface area (Å²) in [6.07, 6.45) is 2.24. The molecule has 0 aliphatic carbocycles. The van der Waals surface area contributed by atoms with Gasteiger partial charge in [0.1, 0.15) is 17.8 Å². The Hall–Kier alpha value is -2.47. The zero-order valence-corrected chi connectivity index (χ0v) is 11.9. The summed E-state index contributed by atoms with van der Waals surface area (Å²) in [5.41, 5.74) is 1.05. The van der Waals surface area contributed by atoms with Gasteiger partial charge in [-0.25, -0.2) is 9.97 Å². The monoisotopic (exact) mass is 286 g/mol. The zero-order valence-electron chi connectivity index (χ0n) is 11.9. The second-order valence-corrected chi connectivity index (χ2v) is 4.38. The van der Waals surface area contributed by atoms with E-state index in [2.05, 4.69) is 20.6 Å². The van der Waals surface area contributed by atoms with Crippen LogP contribution in [0.5, 0.6) is 0 Å². The molecule has 21 heavy (non-hydrogen) atoms. The van der Waals surface area contributed by atoms with E-state index in [0.717, 1.165) is 18.7 Å². The number of hydrogen-bond donors (Lipinski definition) is 2. The first kappa shape index (κ1) is 14.9. The lowest BCUT2D eigenvalue weighted by Crippen LogP contribution is -2.15. The molecule has 0 aliphatic heterocycles. The molecule has 2 rings (SSSR count). The molecule has 6 heteroatoms. The highest BCUT2D eigenvalue weighted by Crippen LogP contribution is 2.09. The Labute approximate surface area is 123 Å². The smallest absolute Gasteiger partial charge is 0.274 e. The van der Waals surface area contributed by atoms with Gasteiger partial charge in [-0.1, -0.05) is 18.2 Å². The van der Waals surface area contributed by atoms with E-state index in [0.29, 0.717) is 18.1 Å². The fourth-order valence-electron chi connectivity index (χ4n) is 1.73. The fourth-order valence-corrected chi connectivity index (χ4v) is 1.73. The van der Waals surface area contributed by atoms with Crippen molar-refractivity contribution in [1.29, 1.82) is 0 Å². The number of para-hydroxylation sites is 1. The SMILES string of the molecule is COCCCNc1cc(C(=O)Nc2ccccc2)ncn1. The first-order valence-electron chi connectivity index (χ1n) is 6.71. The maximum atomic E-state index is 12.1. The second-order valence-electron chi connectivity index (χ2n) is 4.38. The fraction of sp³-hybridized carbons (Fsp3) is 0.267. The number of rotatable bonds is 7. The van der Waals surface area contributed by atoms with Crippen molar-refractivity contribution in [3.05, 3.63) is 48.4 Å². The number of aromatic nitrogens is 2. The lowest BCUT2D eigenvalue weighted by Gasteiger charge is -2.07. The topological polar surface area (TPSA) is 76.1 Å². The minimum Gasteiger partial charge on any atom is -0.385 e. The van der Waals surface area contributed by atoms with Gasteiger partial charge >= 0.3 is 0 Å². The molecule has 1 amide bonds. The first-order valence-corrected chi connectivity index (χ1v) is 6.71. The van der Waals surface area contributed by atoms with Gasteiger partial charge in [-0.15, -0.1) is 0 Å². The molecule has 0 aliphatic rings. The molecular weight excluding hydrogens is 268 g/mol. The van der Waals surface area contributed by atoms with Crippen LogP contribution >= 0.6 is 0 Å². The van der Waals surface area contributed by atoms with Crippen molar-refractivity contribution in [3.8, 4) is 0 Å². The number of carbonyl (C=O) groups is 1. The lowest BCUT2D eigenvalue weighted by atomic mass is 10.3. The highest BCUT2D eigenvalue weighted by molar-refractivity contribution is 6.03. The van der Waals surface area contributed by atoms with E-state index < -0.39 is 0 Å². The van der Waals surface area contributed by atoms with E-state index in [1.54, 1.807) is 13.2 Å². The highest BCUT2D eigenvalue weighted by atomic mass is 16.5. The number of hydrogen-bond acceptors (Lipinski definition) is 5. The number of benzene rings is 1. The van der Waals surface area contributed by atoms with Gasteiger partial charge in [0, 0.05) is 32.0 Å². The summed E-state index contributed by atoms with van der Waals surface area (Å²) in [5, 5.41) is 5.91. The van der Waals surface area contributed by atoms with Gasteiger partial charge in [0.25, 0.3) is 5.91 Å². The van der Waals surface area contributed by atoms with Gasteiger partial charge in [0.2, 0.25) is 0 Å². The maximum absolute atomic E-state index is 12.1. The van der Waals surface area contributed by atoms with Crippen LogP contribution in [0.3, 0.4) is 0 Å². The van der Waals surface area contributed by atoms with Crippen LogP contribution in [-0.4, -0.2) is 36.1 Å². The average Bonchev–Trinajstić information content (AvgIpc) is 2.53. The van der Waals surface area contributed by atoms with Crippen LogP contribution in [0.1, 0.15) is 16.9 Å². The van der Waals surface area contributed by atoms with Crippen molar-refractivity contribution in [1.82, 2.24) is 9.97 Å². The van der Waals surface area contributed by atoms with Crippen LogP contribution in [-0.2, 0) is 4.74 Å².